The van der Waals surface area contributed by atoms with Gasteiger partial charge in [-0.05, 0) is 31.0 Å². The molecule has 0 saturated heterocycles. The molecule has 0 aromatic heterocycles. The van der Waals surface area contributed by atoms with Crippen molar-refractivity contribution in [2.75, 3.05) is 0 Å². The molecule has 0 fully saturated rings. The number of rotatable bonds is 2. The molecule has 0 radical (unpaired) electrons. The largest absolute Gasteiger partial charge is 0.298 e. The normalized spacial score (nSPS) is 8.80. The van der Waals surface area contributed by atoms with Crippen molar-refractivity contribution < 1.29 is 4.79 Å². The van der Waals surface area contributed by atoms with Crippen molar-refractivity contribution in [1.29, 1.82) is 0 Å². The van der Waals surface area contributed by atoms with Crippen molar-refractivity contribution in [3.05, 3.63) is 29.8 Å². The molecular formula is C8H7NO. The van der Waals surface area contributed by atoms with E-state index in [1.54, 1.807) is 24.3 Å². The van der Waals surface area contributed by atoms with Gasteiger partial charge in [0.15, 0.2) is 0 Å². The van der Waals surface area contributed by atoms with Crippen molar-refractivity contribution in [3.8, 4) is 0 Å². The summed E-state index contributed by atoms with van der Waals surface area (Å²) in [4.78, 5) is 13.8. The fourth-order valence-electron chi connectivity index (χ4n) is 0.658. The average molecular weight is 133 g/mol. The van der Waals surface area contributed by atoms with Crippen molar-refractivity contribution in [2.24, 2.45) is 4.99 Å². The van der Waals surface area contributed by atoms with Crippen LogP contribution < -0.4 is 0 Å². The van der Waals surface area contributed by atoms with E-state index in [1.165, 1.54) is 0 Å². The van der Waals surface area contributed by atoms with Gasteiger partial charge in [-0.1, -0.05) is 0 Å². The van der Waals surface area contributed by atoms with E-state index in [0.717, 1.165) is 12.0 Å². The van der Waals surface area contributed by atoms with Crippen LogP contribution in [-0.2, 0) is 0 Å². The van der Waals surface area contributed by atoms with Gasteiger partial charge >= 0.3 is 0 Å². The van der Waals surface area contributed by atoms with Gasteiger partial charge in [-0.15, -0.1) is 0 Å². The Bertz CT molecular complexity index is 211. The van der Waals surface area contributed by atoms with Gasteiger partial charge in [0.1, 0.15) is 6.29 Å². The molecule has 0 amide bonds. The Morgan fingerprint density at radius 3 is 2.30 bits per heavy atom. The summed E-state index contributed by atoms with van der Waals surface area (Å²) < 4.78 is 0. The Kier molecular flexibility index (Phi) is 1.95. The first-order valence-corrected chi connectivity index (χ1v) is 2.89. The van der Waals surface area contributed by atoms with E-state index in [4.69, 9.17) is 0 Å². The van der Waals surface area contributed by atoms with Gasteiger partial charge in [0.05, 0.1) is 5.69 Å². The number of hydrogen-bond acceptors (Lipinski definition) is 2. The highest BCUT2D eigenvalue weighted by Crippen LogP contribution is 2.09. The summed E-state index contributed by atoms with van der Waals surface area (Å²) in [7, 11) is 0. The highest BCUT2D eigenvalue weighted by Gasteiger charge is 1.87. The molecule has 1 rings (SSSR count). The Hall–Kier alpha value is -1.44. The smallest absolute Gasteiger partial charge is 0.150 e. The van der Waals surface area contributed by atoms with Gasteiger partial charge in [0.25, 0.3) is 0 Å². The van der Waals surface area contributed by atoms with Gasteiger partial charge in [-0.3, -0.25) is 9.79 Å². The van der Waals surface area contributed by atoms with Crippen LogP contribution in [0.1, 0.15) is 10.4 Å². The molecule has 1 aromatic rings. The molecule has 0 aliphatic rings. The summed E-state index contributed by atoms with van der Waals surface area (Å²) in [6.45, 7) is 3.35. The highest BCUT2D eigenvalue weighted by molar-refractivity contribution is 5.75. The van der Waals surface area contributed by atoms with Crippen LogP contribution in [0.5, 0.6) is 0 Å². The second kappa shape index (κ2) is 2.92. The highest BCUT2D eigenvalue weighted by atomic mass is 16.1. The molecule has 0 bridgehead atoms. The van der Waals surface area contributed by atoms with Crippen LogP contribution in [-0.4, -0.2) is 13.0 Å². The molecule has 2 heteroatoms. The van der Waals surface area contributed by atoms with Gasteiger partial charge in [-0.25, -0.2) is 0 Å². The third-order valence-electron chi connectivity index (χ3n) is 1.21. The molecule has 50 valence electrons. The molecule has 0 spiro atoms. The van der Waals surface area contributed by atoms with E-state index < -0.39 is 0 Å². The van der Waals surface area contributed by atoms with Crippen molar-refractivity contribution in [2.45, 2.75) is 0 Å². The van der Waals surface area contributed by atoms with Crippen molar-refractivity contribution in [3.63, 3.8) is 0 Å². The fraction of sp³-hybridized carbons (Fsp3) is 0. The maximum absolute atomic E-state index is 10.2. The van der Waals surface area contributed by atoms with Gasteiger partial charge < -0.3 is 0 Å². The second-order valence-electron chi connectivity index (χ2n) is 1.87. The van der Waals surface area contributed by atoms with Crippen LogP contribution in [0.2, 0.25) is 0 Å². The molecule has 0 unspecified atom stereocenters. The summed E-state index contributed by atoms with van der Waals surface area (Å²) in [5.74, 6) is 0. The third kappa shape index (κ3) is 1.29. The quantitative estimate of drug-likeness (QED) is 0.447. The SMILES string of the molecule is C=Nc1ccc(C=O)cc1. The van der Waals surface area contributed by atoms with Gasteiger partial charge in [-0.2, -0.15) is 0 Å². The maximum Gasteiger partial charge on any atom is 0.150 e. The van der Waals surface area contributed by atoms with Crippen LogP contribution in [0.3, 0.4) is 0 Å². The molecule has 0 N–H and O–H groups in total. The molecule has 2 nitrogen and oxygen atoms in total. The molecule has 1 aromatic carbocycles. The topological polar surface area (TPSA) is 29.4 Å². The monoisotopic (exact) mass is 133 g/mol. The summed E-state index contributed by atoms with van der Waals surface area (Å²) in [5, 5.41) is 0. The van der Waals surface area contributed by atoms with E-state index in [1.807, 2.05) is 0 Å². The second-order valence-corrected chi connectivity index (χ2v) is 1.87. The number of aldehydes is 1. The summed E-state index contributed by atoms with van der Waals surface area (Å²) in [6, 6.07) is 6.90. The van der Waals surface area contributed by atoms with E-state index in [-0.39, 0.29) is 0 Å². The lowest BCUT2D eigenvalue weighted by atomic mass is 10.2. The molecule has 10 heavy (non-hydrogen) atoms. The first-order chi connectivity index (χ1) is 4.86. The van der Waals surface area contributed by atoms with Crippen LogP contribution in [0.4, 0.5) is 5.69 Å². The van der Waals surface area contributed by atoms with Gasteiger partial charge in [0, 0.05) is 5.56 Å². The van der Waals surface area contributed by atoms with Gasteiger partial charge in [0.2, 0.25) is 0 Å². The first-order valence-electron chi connectivity index (χ1n) is 2.89. The minimum atomic E-state index is 0.660. The number of nitrogens with zero attached hydrogens (tertiary/aromatic N) is 1. The molecule has 0 heterocycles. The van der Waals surface area contributed by atoms with E-state index >= 15 is 0 Å². The molecule has 0 aliphatic heterocycles. The lowest BCUT2D eigenvalue weighted by molar-refractivity contribution is 0.112. The Morgan fingerprint density at radius 2 is 1.90 bits per heavy atom. The Labute approximate surface area is 59.2 Å². The number of hydrogen-bond donors (Lipinski definition) is 0. The van der Waals surface area contributed by atoms with E-state index in [2.05, 4.69) is 11.7 Å². The minimum Gasteiger partial charge on any atom is -0.298 e. The van der Waals surface area contributed by atoms with Crippen molar-refractivity contribution >= 4 is 18.7 Å². The Balaban J connectivity index is 3.00. The standard InChI is InChI=1S/C8H7NO/c1-9-8-4-2-7(6-10)3-5-8/h2-6H,1H2. The summed E-state index contributed by atoms with van der Waals surface area (Å²) in [5.41, 5.74) is 1.44. The third-order valence-corrected chi connectivity index (χ3v) is 1.21. The average Bonchev–Trinajstić information content (AvgIpc) is 2.05. The molecule has 0 saturated carbocycles. The number of aliphatic imine (C=N–C) groups is 1. The summed E-state index contributed by atoms with van der Waals surface area (Å²) in [6.07, 6.45) is 0.798. The number of carbonyl (C=O) groups excluding carboxylic acids is 1. The predicted octanol–water partition coefficient (Wildman–Crippen LogP) is 1.83. The van der Waals surface area contributed by atoms with Crippen LogP contribution in [0, 0.1) is 0 Å². The zero-order valence-corrected chi connectivity index (χ0v) is 5.45. The lowest BCUT2D eigenvalue weighted by Crippen LogP contribution is -1.74. The number of benzene rings is 1. The lowest BCUT2D eigenvalue weighted by Gasteiger charge is -1.90. The molecule has 0 aliphatic carbocycles. The molecular weight excluding hydrogens is 126 g/mol. The maximum atomic E-state index is 10.2. The molecule has 0 atom stereocenters. The van der Waals surface area contributed by atoms with Crippen LogP contribution >= 0.6 is 0 Å². The minimum absolute atomic E-state index is 0.660. The van der Waals surface area contributed by atoms with E-state index in [0.29, 0.717) is 5.56 Å². The Morgan fingerprint density at radius 1 is 1.30 bits per heavy atom. The van der Waals surface area contributed by atoms with Crippen molar-refractivity contribution in [1.82, 2.24) is 0 Å². The first kappa shape index (κ1) is 6.68. The predicted molar refractivity (Wildman–Crippen MR) is 41.0 cm³/mol. The number of carbonyl (C=O) groups is 1. The van der Waals surface area contributed by atoms with Crippen LogP contribution in [0.25, 0.3) is 0 Å². The zero-order valence-electron chi connectivity index (χ0n) is 5.45. The van der Waals surface area contributed by atoms with Crippen LogP contribution in [0.15, 0.2) is 29.3 Å². The van der Waals surface area contributed by atoms with E-state index in [9.17, 15) is 4.79 Å². The fourth-order valence-corrected chi connectivity index (χ4v) is 0.658. The zero-order chi connectivity index (χ0) is 7.40. The summed E-state index contributed by atoms with van der Waals surface area (Å²) >= 11 is 0.